The zero-order valence-electron chi connectivity index (χ0n) is 28.0. The third-order valence-electron chi connectivity index (χ3n) is 7.45. The van der Waals surface area contributed by atoms with Crippen LogP contribution < -0.4 is 21.3 Å². The molecule has 2 aromatic carbocycles. The molecule has 1 unspecified atom stereocenters. The number of anilines is 2. The lowest BCUT2D eigenvalue weighted by Crippen LogP contribution is -2.36. The number of nitrogens with zero attached hydrogens (tertiary/aromatic N) is 1. The third kappa shape index (κ3) is 10.2. The molecule has 256 valence electrons. The monoisotopic (exact) mass is 653 g/mol. The number of phenols is 2. The average Bonchev–Trinajstić information content (AvgIpc) is 2.97. The van der Waals surface area contributed by atoms with Gasteiger partial charge in [-0.15, -0.1) is 0 Å². The van der Waals surface area contributed by atoms with Crippen molar-refractivity contribution >= 4 is 40.7 Å². The standard InChI is InChI=1S/C34H47N5O8/c1-20(40)35-14-8-7-9-21(19-26(43)47-34(2,3)4)33(46)38-16-15-36-22-10-12-24(41)29-27(22)31(44)30-25(42)13-11-23(28(30)32(29)45)37-17-18-39(5)6/h10-13,21,36-37,41-42H,7-9,14-19H2,1-6H3,(H,35,40)(H,38,46). The van der Waals surface area contributed by atoms with Gasteiger partial charge in [-0.05, 0) is 72.0 Å². The highest BCUT2D eigenvalue weighted by atomic mass is 16.6. The number of rotatable bonds is 16. The van der Waals surface area contributed by atoms with Crippen LogP contribution in [-0.4, -0.2) is 96.9 Å². The van der Waals surface area contributed by atoms with E-state index >= 15 is 0 Å². The van der Waals surface area contributed by atoms with Gasteiger partial charge < -0.3 is 41.1 Å². The van der Waals surface area contributed by atoms with Crippen LogP contribution in [0, 0.1) is 5.92 Å². The molecule has 0 aliphatic heterocycles. The number of hydrogen-bond acceptors (Lipinski definition) is 11. The van der Waals surface area contributed by atoms with Crippen LogP contribution in [0.2, 0.25) is 0 Å². The van der Waals surface area contributed by atoms with E-state index in [1.165, 1.54) is 31.2 Å². The molecule has 0 saturated carbocycles. The smallest absolute Gasteiger partial charge is 0.307 e. The van der Waals surface area contributed by atoms with Gasteiger partial charge >= 0.3 is 5.97 Å². The number of fused-ring (bicyclic) bond motifs is 2. The number of hydrogen-bond donors (Lipinski definition) is 6. The van der Waals surface area contributed by atoms with E-state index in [2.05, 4.69) is 21.3 Å². The van der Waals surface area contributed by atoms with Crippen LogP contribution >= 0.6 is 0 Å². The fourth-order valence-corrected chi connectivity index (χ4v) is 5.29. The van der Waals surface area contributed by atoms with Crippen molar-refractivity contribution in [2.45, 2.75) is 59.0 Å². The molecule has 1 aliphatic carbocycles. The molecule has 3 rings (SSSR count). The Labute approximate surface area is 275 Å². The lowest BCUT2D eigenvalue weighted by atomic mass is 9.81. The molecule has 0 heterocycles. The molecule has 2 amide bonds. The Morgan fingerprint density at radius 2 is 1.34 bits per heavy atom. The summed E-state index contributed by atoms with van der Waals surface area (Å²) in [6.07, 6.45) is 1.56. The lowest BCUT2D eigenvalue weighted by molar-refractivity contribution is -0.157. The van der Waals surface area contributed by atoms with Crippen LogP contribution in [0.15, 0.2) is 24.3 Å². The topological polar surface area (TPSA) is 186 Å². The van der Waals surface area contributed by atoms with Crippen molar-refractivity contribution < 1.29 is 38.9 Å². The summed E-state index contributed by atoms with van der Waals surface area (Å²) >= 11 is 0. The summed E-state index contributed by atoms with van der Waals surface area (Å²) in [5.74, 6) is -3.56. The van der Waals surface area contributed by atoms with Gasteiger partial charge in [-0.3, -0.25) is 24.0 Å². The maximum absolute atomic E-state index is 13.8. The fourth-order valence-electron chi connectivity index (χ4n) is 5.29. The summed E-state index contributed by atoms with van der Waals surface area (Å²) in [5, 5.41) is 33.1. The van der Waals surface area contributed by atoms with E-state index in [-0.39, 0.29) is 70.8 Å². The third-order valence-corrected chi connectivity index (χ3v) is 7.45. The first kappa shape index (κ1) is 36.8. The van der Waals surface area contributed by atoms with E-state index in [0.29, 0.717) is 44.6 Å². The maximum atomic E-state index is 13.8. The van der Waals surface area contributed by atoms with E-state index < -0.39 is 29.1 Å². The number of unbranched alkanes of at least 4 members (excludes halogenated alkanes) is 1. The van der Waals surface area contributed by atoms with E-state index in [0.717, 1.165) is 0 Å². The predicted molar refractivity (Wildman–Crippen MR) is 178 cm³/mol. The normalized spacial score (nSPS) is 13.0. The number of amides is 2. The molecule has 0 fully saturated rings. The first-order valence-electron chi connectivity index (χ1n) is 15.8. The van der Waals surface area contributed by atoms with Gasteiger partial charge in [0.1, 0.15) is 17.1 Å². The van der Waals surface area contributed by atoms with Gasteiger partial charge in [-0.25, -0.2) is 0 Å². The van der Waals surface area contributed by atoms with Crippen molar-refractivity contribution in [1.82, 2.24) is 15.5 Å². The molecular formula is C34H47N5O8. The summed E-state index contributed by atoms with van der Waals surface area (Å²) < 4.78 is 5.42. The molecule has 0 saturated heterocycles. The summed E-state index contributed by atoms with van der Waals surface area (Å²) in [6, 6.07) is 5.66. The zero-order chi connectivity index (χ0) is 34.9. The van der Waals surface area contributed by atoms with Crippen molar-refractivity contribution in [3.63, 3.8) is 0 Å². The molecule has 0 aromatic heterocycles. The Morgan fingerprint density at radius 3 is 1.85 bits per heavy atom. The van der Waals surface area contributed by atoms with Gasteiger partial charge in [-0.1, -0.05) is 6.42 Å². The van der Waals surface area contributed by atoms with Gasteiger partial charge in [0, 0.05) is 56.9 Å². The Bertz CT molecular complexity index is 1500. The molecule has 13 heteroatoms. The van der Waals surface area contributed by atoms with E-state index in [9.17, 15) is 34.2 Å². The largest absolute Gasteiger partial charge is 0.507 e. The fraction of sp³-hybridized carbons (Fsp3) is 0.500. The van der Waals surface area contributed by atoms with E-state index in [1.807, 2.05) is 19.0 Å². The van der Waals surface area contributed by atoms with Crippen LogP contribution in [0.5, 0.6) is 11.5 Å². The minimum atomic E-state index is -0.697. The predicted octanol–water partition coefficient (Wildman–Crippen LogP) is 3.03. The van der Waals surface area contributed by atoms with Gasteiger partial charge in [0.15, 0.2) is 0 Å². The second kappa shape index (κ2) is 16.3. The van der Waals surface area contributed by atoms with Crippen LogP contribution in [0.25, 0.3) is 0 Å². The molecule has 47 heavy (non-hydrogen) atoms. The highest BCUT2D eigenvalue weighted by Crippen LogP contribution is 2.42. The highest BCUT2D eigenvalue weighted by Gasteiger charge is 2.38. The minimum absolute atomic E-state index is 0.00549. The number of nitrogens with one attached hydrogen (secondary N) is 4. The number of carbonyl (C=O) groups excluding carboxylic acids is 5. The quantitative estimate of drug-likeness (QED) is 0.0758. The minimum Gasteiger partial charge on any atom is -0.507 e. The van der Waals surface area contributed by atoms with Crippen molar-refractivity contribution in [2.75, 3.05) is 57.5 Å². The van der Waals surface area contributed by atoms with Crippen LogP contribution in [0.1, 0.15) is 85.2 Å². The van der Waals surface area contributed by atoms with Gasteiger partial charge in [-0.2, -0.15) is 0 Å². The number of benzene rings is 2. The van der Waals surface area contributed by atoms with Crippen LogP contribution in [0.3, 0.4) is 0 Å². The molecule has 1 atom stereocenters. The first-order chi connectivity index (χ1) is 22.1. The Hall–Kier alpha value is -4.65. The van der Waals surface area contributed by atoms with Crippen LogP contribution in [-0.2, 0) is 19.1 Å². The number of aromatic hydroxyl groups is 2. The molecule has 13 nitrogen and oxygen atoms in total. The molecule has 2 aromatic rings. The summed E-state index contributed by atoms with van der Waals surface area (Å²) in [4.78, 5) is 66.2. The Morgan fingerprint density at radius 1 is 0.787 bits per heavy atom. The highest BCUT2D eigenvalue weighted by molar-refractivity contribution is 6.33. The van der Waals surface area contributed by atoms with E-state index in [4.69, 9.17) is 4.74 Å². The lowest BCUT2D eigenvalue weighted by Gasteiger charge is -2.25. The van der Waals surface area contributed by atoms with Crippen molar-refractivity contribution in [3.8, 4) is 11.5 Å². The van der Waals surface area contributed by atoms with Gasteiger partial charge in [0.05, 0.1) is 28.7 Å². The summed E-state index contributed by atoms with van der Waals surface area (Å²) in [5.41, 5.74) is -0.468. The number of ketones is 2. The summed E-state index contributed by atoms with van der Waals surface area (Å²) in [6.45, 7) is 8.56. The second-order valence-electron chi connectivity index (χ2n) is 12.8. The van der Waals surface area contributed by atoms with Crippen molar-refractivity contribution in [3.05, 3.63) is 46.5 Å². The molecule has 0 radical (unpaired) electrons. The number of likely N-dealkylation sites (N-methyl/N-ethyl adjacent to an activating group) is 1. The number of carbonyl (C=O) groups is 5. The molecule has 6 N–H and O–H groups in total. The number of phenolic OH excluding ortho intramolecular Hbond substituents is 2. The second-order valence-corrected chi connectivity index (χ2v) is 12.8. The van der Waals surface area contributed by atoms with Crippen molar-refractivity contribution in [1.29, 1.82) is 0 Å². The molecule has 1 aliphatic rings. The molecular weight excluding hydrogens is 606 g/mol. The van der Waals surface area contributed by atoms with E-state index in [1.54, 1.807) is 20.8 Å². The van der Waals surface area contributed by atoms with Gasteiger partial charge in [0.2, 0.25) is 23.4 Å². The molecule has 0 spiro atoms. The maximum Gasteiger partial charge on any atom is 0.307 e. The Kier molecular flexibility index (Phi) is 12.7. The Balaban J connectivity index is 1.72. The number of ether oxygens (including phenoxy) is 1. The summed E-state index contributed by atoms with van der Waals surface area (Å²) in [7, 11) is 3.80. The first-order valence-corrected chi connectivity index (χ1v) is 15.8. The van der Waals surface area contributed by atoms with Gasteiger partial charge in [0.25, 0.3) is 0 Å². The zero-order valence-corrected chi connectivity index (χ0v) is 28.0. The number of esters is 1. The molecule has 0 bridgehead atoms. The van der Waals surface area contributed by atoms with Crippen LogP contribution in [0.4, 0.5) is 11.4 Å². The average molecular weight is 654 g/mol. The van der Waals surface area contributed by atoms with Crippen molar-refractivity contribution in [2.24, 2.45) is 5.92 Å². The SMILES string of the molecule is CC(=O)NCCCCC(CC(=O)OC(C)(C)C)C(=O)NCCNc1ccc(O)c2c1C(=O)c1c(O)ccc(NCCN(C)C)c1C2=O.